The number of Topliss-reactive ketones (excluding diaryl/α,β-unsaturated/α-hetero) is 1. The summed E-state index contributed by atoms with van der Waals surface area (Å²) in [5.74, 6) is -1.71. The number of carbonyl (C=O) groups is 3. The van der Waals surface area contributed by atoms with Crippen LogP contribution < -0.4 is 0 Å². The van der Waals surface area contributed by atoms with Crippen LogP contribution in [-0.4, -0.2) is 24.1 Å². The number of allylic oxidation sites excluding steroid dienone is 1. The molecule has 4 nitrogen and oxygen atoms in total. The van der Waals surface area contributed by atoms with Gasteiger partial charge in [0.1, 0.15) is 5.57 Å². The van der Waals surface area contributed by atoms with Crippen LogP contribution in [0.5, 0.6) is 0 Å². The monoisotopic (exact) mass is 314 g/mol. The van der Waals surface area contributed by atoms with E-state index < -0.39 is 17.5 Å². The van der Waals surface area contributed by atoms with Gasteiger partial charge in [0, 0.05) is 22.6 Å². The zero-order valence-corrected chi connectivity index (χ0v) is 12.8. The highest BCUT2D eigenvalue weighted by atomic mass is 32.1. The predicted octanol–water partition coefficient (Wildman–Crippen LogP) is 3.30. The number of hydrogen-bond donors (Lipinski definition) is 0. The summed E-state index contributed by atoms with van der Waals surface area (Å²) in [6, 6.07) is 9.96. The Morgan fingerprint density at radius 2 is 1.82 bits per heavy atom. The van der Waals surface area contributed by atoms with Crippen molar-refractivity contribution in [3.63, 3.8) is 0 Å². The van der Waals surface area contributed by atoms with Crippen molar-refractivity contribution < 1.29 is 19.1 Å². The molecule has 0 fully saturated rings. The first kappa shape index (κ1) is 15.9. The standard InChI is InChI=1S/C17H14O4S/c1-2-21-17(20)14(10-15(18)13-8-9-22-11-13)16(19)12-6-4-3-5-7-12/h3-11H,2H2,1H3/b14-10+. The van der Waals surface area contributed by atoms with Crippen molar-refractivity contribution in [2.24, 2.45) is 0 Å². The molecule has 0 spiro atoms. The van der Waals surface area contributed by atoms with Gasteiger partial charge in [0.15, 0.2) is 11.6 Å². The van der Waals surface area contributed by atoms with Crippen LogP contribution in [0.1, 0.15) is 27.6 Å². The van der Waals surface area contributed by atoms with Gasteiger partial charge in [-0.1, -0.05) is 30.3 Å². The molecule has 1 aromatic heterocycles. The van der Waals surface area contributed by atoms with Gasteiger partial charge in [0.25, 0.3) is 0 Å². The second kappa shape index (κ2) is 7.47. The van der Waals surface area contributed by atoms with E-state index >= 15 is 0 Å². The van der Waals surface area contributed by atoms with E-state index in [0.717, 1.165) is 6.08 Å². The van der Waals surface area contributed by atoms with Gasteiger partial charge in [-0.3, -0.25) is 9.59 Å². The highest BCUT2D eigenvalue weighted by Crippen LogP contribution is 2.14. The fourth-order valence-electron chi connectivity index (χ4n) is 1.79. The van der Waals surface area contributed by atoms with Gasteiger partial charge in [-0.15, -0.1) is 0 Å². The molecular weight excluding hydrogens is 300 g/mol. The van der Waals surface area contributed by atoms with Crippen LogP contribution in [0, 0.1) is 0 Å². The Morgan fingerprint density at radius 1 is 1.09 bits per heavy atom. The topological polar surface area (TPSA) is 60.4 Å². The lowest BCUT2D eigenvalue weighted by molar-refractivity contribution is -0.138. The lowest BCUT2D eigenvalue weighted by atomic mass is 10.0. The van der Waals surface area contributed by atoms with Gasteiger partial charge >= 0.3 is 5.97 Å². The maximum absolute atomic E-state index is 12.4. The number of ether oxygens (including phenoxy) is 1. The molecule has 0 amide bonds. The molecule has 0 atom stereocenters. The van der Waals surface area contributed by atoms with Crippen molar-refractivity contribution in [2.75, 3.05) is 6.61 Å². The first-order valence-electron chi connectivity index (χ1n) is 6.68. The summed E-state index contributed by atoms with van der Waals surface area (Å²) in [6.07, 6.45) is 1.05. The average molecular weight is 314 g/mol. The third kappa shape index (κ3) is 3.77. The van der Waals surface area contributed by atoms with E-state index in [-0.39, 0.29) is 12.2 Å². The van der Waals surface area contributed by atoms with Gasteiger partial charge in [0.05, 0.1) is 6.61 Å². The van der Waals surface area contributed by atoms with Crippen LogP contribution in [0.15, 0.2) is 58.8 Å². The van der Waals surface area contributed by atoms with Crippen molar-refractivity contribution in [1.29, 1.82) is 0 Å². The van der Waals surface area contributed by atoms with Crippen molar-refractivity contribution in [2.45, 2.75) is 6.92 Å². The molecule has 1 aromatic carbocycles. The summed E-state index contributed by atoms with van der Waals surface area (Å²) < 4.78 is 4.89. The molecule has 0 aliphatic carbocycles. The number of hydrogen-bond acceptors (Lipinski definition) is 5. The van der Waals surface area contributed by atoms with E-state index in [4.69, 9.17) is 4.74 Å². The zero-order chi connectivity index (χ0) is 15.9. The average Bonchev–Trinajstić information content (AvgIpc) is 3.07. The van der Waals surface area contributed by atoms with E-state index in [1.807, 2.05) is 0 Å². The van der Waals surface area contributed by atoms with Gasteiger partial charge in [-0.2, -0.15) is 11.3 Å². The number of thiophene rings is 1. The molecule has 2 aromatic rings. The van der Waals surface area contributed by atoms with Crippen molar-refractivity contribution in [3.05, 3.63) is 69.9 Å². The Bertz CT molecular complexity index is 700. The first-order chi connectivity index (χ1) is 10.6. The molecular formula is C17H14O4S. The molecule has 2 rings (SSSR count). The minimum Gasteiger partial charge on any atom is -0.462 e. The predicted molar refractivity (Wildman–Crippen MR) is 84.1 cm³/mol. The SMILES string of the molecule is CCOC(=O)/C(=C/C(=O)c1ccsc1)C(=O)c1ccccc1. The molecule has 22 heavy (non-hydrogen) atoms. The molecule has 0 aliphatic rings. The third-order valence-electron chi connectivity index (χ3n) is 2.86. The molecule has 1 heterocycles. The normalized spacial score (nSPS) is 11.0. The lowest BCUT2D eigenvalue weighted by Crippen LogP contribution is -2.17. The number of benzene rings is 1. The molecule has 5 heteroatoms. The van der Waals surface area contributed by atoms with E-state index in [0.29, 0.717) is 11.1 Å². The van der Waals surface area contributed by atoms with Gasteiger partial charge < -0.3 is 4.74 Å². The first-order valence-corrected chi connectivity index (χ1v) is 7.63. The Balaban J connectivity index is 2.37. The fraction of sp³-hybridized carbons (Fsp3) is 0.118. The molecule has 0 radical (unpaired) electrons. The van der Waals surface area contributed by atoms with Crippen LogP contribution in [0.2, 0.25) is 0 Å². The molecule has 0 N–H and O–H groups in total. The summed E-state index contributed by atoms with van der Waals surface area (Å²) in [5.41, 5.74) is 0.511. The summed E-state index contributed by atoms with van der Waals surface area (Å²) in [5, 5.41) is 3.42. The van der Waals surface area contributed by atoms with Crippen molar-refractivity contribution >= 4 is 28.9 Å². The Labute approximate surface area is 132 Å². The van der Waals surface area contributed by atoms with Gasteiger partial charge in [0.2, 0.25) is 0 Å². The molecule has 0 saturated heterocycles. The molecule has 112 valence electrons. The van der Waals surface area contributed by atoms with E-state index in [1.54, 1.807) is 54.1 Å². The fourth-order valence-corrected chi connectivity index (χ4v) is 2.44. The lowest BCUT2D eigenvalue weighted by Gasteiger charge is -2.06. The van der Waals surface area contributed by atoms with Crippen LogP contribution in [0.4, 0.5) is 0 Å². The number of carbonyl (C=O) groups excluding carboxylic acids is 3. The highest BCUT2D eigenvalue weighted by molar-refractivity contribution is 7.08. The number of esters is 1. The summed E-state index contributed by atoms with van der Waals surface area (Å²) in [7, 11) is 0. The molecule has 0 saturated carbocycles. The Hall–Kier alpha value is -2.53. The summed E-state index contributed by atoms with van der Waals surface area (Å²) >= 11 is 1.37. The van der Waals surface area contributed by atoms with E-state index in [1.165, 1.54) is 11.3 Å². The van der Waals surface area contributed by atoms with Crippen molar-refractivity contribution in [3.8, 4) is 0 Å². The largest absolute Gasteiger partial charge is 0.462 e. The molecule has 0 aliphatic heterocycles. The zero-order valence-electron chi connectivity index (χ0n) is 11.9. The van der Waals surface area contributed by atoms with Crippen LogP contribution in [0.25, 0.3) is 0 Å². The third-order valence-corrected chi connectivity index (χ3v) is 3.54. The van der Waals surface area contributed by atoms with Crippen LogP contribution >= 0.6 is 11.3 Å². The van der Waals surface area contributed by atoms with E-state index in [9.17, 15) is 14.4 Å². The van der Waals surface area contributed by atoms with Gasteiger partial charge in [-0.05, 0) is 18.4 Å². The highest BCUT2D eigenvalue weighted by Gasteiger charge is 2.22. The quantitative estimate of drug-likeness (QED) is 0.270. The minimum absolute atomic E-state index is 0.130. The minimum atomic E-state index is -0.792. The molecule has 0 unspecified atom stereocenters. The van der Waals surface area contributed by atoms with Crippen LogP contribution in [-0.2, 0) is 9.53 Å². The maximum Gasteiger partial charge on any atom is 0.342 e. The smallest absolute Gasteiger partial charge is 0.342 e. The summed E-state index contributed by atoms with van der Waals surface area (Å²) in [4.78, 5) is 36.6. The second-order valence-electron chi connectivity index (χ2n) is 4.35. The van der Waals surface area contributed by atoms with Gasteiger partial charge in [-0.25, -0.2) is 4.79 Å². The van der Waals surface area contributed by atoms with Crippen LogP contribution in [0.3, 0.4) is 0 Å². The second-order valence-corrected chi connectivity index (χ2v) is 5.13. The van der Waals surface area contributed by atoms with Crippen molar-refractivity contribution in [1.82, 2.24) is 0 Å². The number of ketones is 2. The number of rotatable bonds is 6. The maximum atomic E-state index is 12.4. The van der Waals surface area contributed by atoms with E-state index in [2.05, 4.69) is 0 Å². The Morgan fingerprint density at radius 3 is 2.41 bits per heavy atom. The Kier molecular flexibility index (Phi) is 5.38. The molecule has 0 bridgehead atoms. The summed E-state index contributed by atoms with van der Waals surface area (Å²) in [6.45, 7) is 1.77.